The Bertz CT molecular complexity index is 716. The molecule has 6 nitrogen and oxygen atoms in total. The lowest BCUT2D eigenvalue weighted by atomic mass is 10.4. The van der Waals surface area contributed by atoms with Crippen molar-refractivity contribution in [2.24, 2.45) is 0 Å². The van der Waals surface area contributed by atoms with Crippen LogP contribution in [0.3, 0.4) is 0 Å². The average Bonchev–Trinajstić information content (AvgIpc) is 2.88. The Kier molecular flexibility index (Phi) is 5.38. The van der Waals surface area contributed by atoms with E-state index in [1.54, 1.807) is 11.3 Å². The fraction of sp³-hybridized carbons (Fsp3) is 0.250. The van der Waals surface area contributed by atoms with E-state index >= 15 is 0 Å². The summed E-state index contributed by atoms with van der Waals surface area (Å²) in [6.07, 6.45) is 1.41. The number of hydrogen-bond donors (Lipinski definition) is 1. The lowest BCUT2D eigenvalue weighted by Crippen LogP contribution is -2.28. The molecule has 2 heterocycles. The van der Waals surface area contributed by atoms with E-state index in [0.29, 0.717) is 12.2 Å². The minimum Gasteiger partial charge on any atom is -0.468 e. The molecule has 2 aromatic heterocycles. The summed E-state index contributed by atoms with van der Waals surface area (Å²) < 4.78 is 6.45. The quantitative estimate of drug-likeness (QED) is 0.792. The number of halogens is 2. The third-order valence-electron chi connectivity index (χ3n) is 2.57. The van der Waals surface area contributed by atoms with Gasteiger partial charge in [-0.25, -0.2) is 4.68 Å². The van der Waals surface area contributed by atoms with Crippen LogP contribution in [0.15, 0.2) is 26.9 Å². The second kappa shape index (κ2) is 7.06. The van der Waals surface area contributed by atoms with Crippen LogP contribution < -0.4 is 10.9 Å². The predicted octanol–water partition coefficient (Wildman–Crippen LogP) is 2.51. The molecule has 0 atom stereocenters. The zero-order valence-electron chi connectivity index (χ0n) is 10.9. The third kappa shape index (κ3) is 4.05. The highest BCUT2D eigenvalue weighted by molar-refractivity contribution is 9.10. The number of nitrogens with zero attached hydrogens (tertiary/aromatic N) is 2. The van der Waals surface area contributed by atoms with Crippen molar-refractivity contribution in [3.05, 3.63) is 42.4 Å². The van der Waals surface area contributed by atoms with Gasteiger partial charge in [-0.05, 0) is 22.0 Å². The number of esters is 1. The van der Waals surface area contributed by atoms with E-state index in [2.05, 4.69) is 31.1 Å². The number of carbonyl (C=O) groups is 1. The molecule has 0 saturated heterocycles. The second-order valence-electron chi connectivity index (χ2n) is 4.00. The number of anilines is 1. The van der Waals surface area contributed by atoms with Crippen molar-refractivity contribution < 1.29 is 9.53 Å². The molecule has 21 heavy (non-hydrogen) atoms. The van der Waals surface area contributed by atoms with Gasteiger partial charge in [-0.3, -0.25) is 9.59 Å². The minimum absolute atomic E-state index is 0.00970. The topological polar surface area (TPSA) is 73.2 Å². The highest BCUT2D eigenvalue weighted by Crippen LogP contribution is 2.22. The molecule has 0 radical (unpaired) electrons. The van der Waals surface area contributed by atoms with Crippen molar-refractivity contribution in [2.45, 2.75) is 13.1 Å². The van der Waals surface area contributed by atoms with Crippen molar-refractivity contribution in [1.82, 2.24) is 9.78 Å². The van der Waals surface area contributed by atoms with E-state index in [4.69, 9.17) is 11.6 Å². The maximum Gasteiger partial charge on any atom is 0.327 e. The van der Waals surface area contributed by atoms with E-state index in [1.807, 2.05) is 11.4 Å². The lowest BCUT2D eigenvalue weighted by Gasteiger charge is -2.09. The first-order valence-electron chi connectivity index (χ1n) is 5.80. The maximum atomic E-state index is 12.0. The molecule has 0 aliphatic carbocycles. The number of ether oxygens (including phenoxy) is 1. The summed E-state index contributed by atoms with van der Waals surface area (Å²) in [5.74, 6) is -0.565. The average molecular weight is 393 g/mol. The highest BCUT2D eigenvalue weighted by atomic mass is 79.9. The van der Waals surface area contributed by atoms with Crippen LogP contribution >= 0.6 is 38.9 Å². The van der Waals surface area contributed by atoms with Gasteiger partial charge in [0.1, 0.15) is 11.6 Å². The molecule has 1 N–H and O–H groups in total. The summed E-state index contributed by atoms with van der Waals surface area (Å²) in [5, 5.41) is 8.89. The standard InChI is InChI=1S/C12H11BrClN3O3S/c1-20-10(18)5-17-12(19)11(14)9(4-16-17)15-3-8-2-7(13)6-21-8/h2,4,6,15H,3,5H2,1H3. The summed E-state index contributed by atoms with van der Waals surface area (Å²) >= 11 is 10.9. The molecule has 0 aliphatic rings. The van der Waals surface area contributed by atoms with Gasteiger partial charge in [0, 0.05) is 21.3 Å². The van der Waals surface area contributed by atoms with Gasteiger partial charge in [0.2, 0.25) is 0 Å². The molecular weight excluding hydrogens is 382 g/mol. The van der Waals surface area contributed by atoms with Crippen molar-refractivity contribution in [3.8, 4) is 0 Å². The van der Waals surface area contributed by atoms with Gasteiger partial charge in [0.15, 0.2) is 0 Å². The maximum absolute atomic E-state index is 12.0. The molecule has 0 amide bonds. The Labute approximate surface area is 137 Å². The van der Waals surface area contributed by atoms with Crippen LogP contribution in [-0.4, -0.2) is 22.9 Å². The lowest BCUT2D eigenvalue weighted by molar-refractivity contribution is -0.141. The summed E-state index contributed by atoms with van der Waals surface area (Å²) in [6, 6.07) is 1.97. The van der Waals surface area contributed by atoms with Crippen LogP contribution in [0.1, 0.15) is 4.88 Å². The first kappa shape index (κ1) is 16.0. The van der Waals surface area contributed by atoms with E-state index in [9.17, 15) is 9.59 Å². The van der Waals surface area contributed by atoms with Crippen molar-refractivity contribution >= 4 is 50.5 Å². The largest absolute Gasteiger partial charge is 0.468 e. The molecule has 0 aliphatic heterocycles. The van der Waals surface area contributed by atoms with Crippen molar-refractivity contribution in [2.75, 3.05) is 12.4 Å². The van der Waals surface area contributed by atoms with Gasteiger partial charge >= 0.3 is 5.97 Å². The molecule has 2 rings (SSSR count). The summed E-state index contributed by atoms with van der Waals surface area (Å²) in [7, 11) is 1.24. The molecule has 0 fully saturated rings. The van der Waals surface area contributed by atoms with Gasteiger partial charge in [-0.2, -0.15) is 5.10 Å². The summed E-state index contributed by atoms with van der Waals surface area (Å²) in [4.78, 5) is 24.2. The van der Waals surface area contributed by atoms with Gasteiger partial charge in [0.05, 0.1) is 19.0 Å². The number of aromatic nitrogens is 2. The van der Waals surface area contributed by atoms with Crippen molar-refractivity contribution in [1.29, 1.82) is 0 Å². The third-order valence-corrected chi connectivity index (χ3v) is 4.63. The SMILES string of the molecule is COC(=O)Cn1ncc(NCc2cc(Br)cs2)c(Cl)c1=O. The Morgan fingerprint density at radius 1 is 1.62 bits per heavy atom. The number of hydrogen-bond acceptors (Lipinski definition) is 6. The fourth-order valence-electron chi connectivity index (χ4n) is 1.52. The zero-order chi connectivity index (χ0) is 15.4. The minimum atomic E-state index is -0.565. The van der Waals surface area contributed by atoms with E-state index < -0.39 is 11.5 Å². The first-order valence-corrected chi connectivity index (χ1v) is 7.85. The molecule has 0 saturated carbocycles. The smallest absolute Gasteiger partial charge is 0.327 e. The van der Waals surface area contributed by atoms with Gasteiger partial charge in [0.25, 0.3) is 5.56 Å². The Hall–Kier alpha value is -1.38. The normalized spacial score (nSPS) is 10.4. The fourth-order valence-corrected chi connectivity index (χ4v) is 3.12. The van der Waals surface area contributed by atoms with E-state index in [1.165, 1.54) is 13.3 Å². The Morgan fingerprint density at radius 3 is 3.00 bits per heavy atom. The first-order chi connectivity index (χ1) is 10.0. The van der Waals surface area contributed by atoms with Crippen LogP contribution in [0.4, 0.5) is 5.69 Å². The zero-order valence-corrected chi connectivity index (χ0v) is 14.1. The molecular formula is C12H11BrClN3O3S. The van der Waals surface area contributed by atoms with Crippen LogP contribution in [0.5, 0.6) is 0 Å². The number of nitrogens with one attached hydrogen (secondary N) is 1. The second-order valence-corrected chi connectivity index (χ2v) is 6.29. The van der Waals surface area contributed by atoms with Gasteiger partial charge in [-0.1, -0.05) is 11.6 Å². The summed E-state index contributed by atoms with van der Waals surface area (Å²) in [6.45, 7) is 0.255. The van der Waals surface area contributed by atoms with Crippen molar-refractivity contribution in [3.63, 3.8) is 0 Å². The highest BCUT2D eigenvalue weighted by Gasteiger charge is 2.12. The Morgan fingerprint density at radius 2 is 2.38 bits per heavy atom. The molecule has 0 spiro atoms. The van der Waals surface area contributed by atoms with Gasteiger partial charge in [-0.15, -0.1) is 11.3 Å². The monoisotopic (exact) mass is 391 g/mol. The number of thiophene rings is 1. The van der Waals surface area contributed by atoms with Gasteiger partial charge < -0.3 is 10.1 Å². The molecule has 0 bridgehead atoms. The summed E-state index contributed by atoms with van der Waals surface area (Å²) in [5.41, 5.74) is -0.119. The number of methoxy groups -OCH3 is 1. The van der Waals surface area contributed by atoms with Crippen LogP contribution in [0.25, 0.3) is 0 Å². The Balaban J connectivity index is 2.13. The molecule has 2 aromatic rings. The molecule has 9 heteroatoms. The number of rotatable bonds is 5. The molecule has 0 aromatic carbocycles. The van der Waals surface area contributed by atoms with Crippen LogP contribution in [0, 0.1) is 0 Å². The number of carbonyl (C=O) groups excluding carboxylic acids is 1. The molecule has 0 unspecified atom stereocenters. The van der Waals surface area contributed by atoms with E-state index in [-0.39, 0.29) is 11.6 Å². The molecule has 112 valence electrons. The van der Waals surface area contributed by atoms with E-state index in [0.717, 1.165) is 14.0 Å². The predicted molar refractivity (Wildman–Crippen MR) is 84.9 cm³/mol. The van der Waals surface area contributed by atoms with Crippen LogP contribution in [0.2, 0.25) is 5.02 Å². The van der Waals surface area contributed by atoms with Crippen LogP contribution in [-0.2, 0) is 22.6 Å².